The van der Waals surface area contributed by atoms with Crippen molar-refractivity contribution >= 4 is 44.5 Å². The molecule has 0 saturated carbocycles. The molecule has 76 valence electrons. The van der Waals surface area contributed by atoms with E-state index in [0.29, 0.717) is 12.4 Å². The van der Waals surface area contributed by atoms with Gasteiger partial charge in [-0.1, -0.05) is 22.5 Å². The minimum Gasteiger partial charge on any atom is -0.488 e. The Labute approximate surface area is 106 Å². The molecule has 0 aliphatic rings. The number of thiol groups is 1. The molecular weight excluding hydrogens is 328 g/mol. The fraction of sp³-hybridized carbons (Fsp3) is 0.200. The SMILES string of the molecule is C=C(CS)COc1ccc(Br)cc1Br. The van der Waals surface area contributed by atoms with Crippen LogP contribution >= 0.6 is 44.5 Å². The van der Waals surface area contributed by atoms with Crippen molar-refractivity contribution in [3.8, 4) is 5.75 Å². The Kier molecular flexibility index (Phi) is 5.06. The van der Waals surface area contributed by atoms with E-state index in [1.807, 2.05) is 18.2 Å². The molecular formula is C10H10Br2OS. The highest BCUT2D eigenvalue weighted by molar-refractivity contribution is 9.11. The summed E-state index contributed by atoms with van der Waals surface area (Å²) in [4.78, 5) is 0. The molecule has 0 bridgehead atoms. The number of hydrogen-bond acceptors (Lipinski definition) is 2. The summed E-state index contributed by atoms with van der Waals surface area (Å²) in [5.41, 5.74) is 0.961. The van der Waals surface area contributed by atoms with Crippen LogP contribution in [-0.4, -0.2) is 12.4 Å². The Balaban J connectivity index is 2.63. The van der Waals surface area contributed by atoms with E-state index in [1.165, 1.54) is 0 Å². The van der Waals surface area contributed by atoms with Crippen molar-refractivity contribution in [3.05, 3.63) is 39.3 Å². The molecule has 0 N–H and O–H groups in total. The van der Waals surface area contributed by atoms with E-state index >= 15 is 0 Å². The summed E-state index contributed by atoms with van der Waals surface area (Å²) in [6, 6.07) is 5.78. The monoisotopic (exact) mass is 336 g/mol. The molecule has 0 heterocycles. The van der Waals surface area contributed by atoms with Crippen molar-refractivity contribution in [2.24, 2.45) is 0 Å². The second-order valence-electron chi connectivity index (χ2n) is 2.77. The van der Waals surface area contributed by atoms with Crippen LogP contribution in [0.2, 0.25) is 0 Å². The lowest BCUT2D eigenvalue weighted by molar-refractivity contribution is 0.351. The maximum atomic E-state index is 5.53. The third-order valence-corrected chi connectivity index (χ3v) is 3.11. The fourth-order valence-corrected chi connectivity index (χ4v) is 2.07. The molecule has 1 aromatic carbocycles. The predicted molar refractivity (Wildman–Crippen MR) is 70.3 cm³/mol. The highest BCUT2D eigenvalue weighted by Gasteiger charge is 2.01. The molecule has 0 saturated heterocycles. The molecule has 14 heavy (non-hydrogen) atoms. The third-order valence-electron chi connectivity index (χ3n) is 1.55. The smallest absolute Gasteiger partial charge is 0.134 e. The van der Waals surface area contributed by atoms with Crippen LogP contribution in [0.4, 0.5) is 0 Å². The standard InChI is InChI=1S/C10H10Br2OS/c1-7(6-14)5-13-10-3-2-8(11)4-9(10)12/h2-4,14H,1,5-6H2. The van der Waals surface area contributed by atoms with Gasteiger partial charge in [-0.3, -0.25) is 0 Å². The molecule has 1 aromatic rings. The van der Waals surface area contributed by atoms with Gasteiger partial charge in [-0.25, -0.2) is 0 Å². The largest absolute Gasteiger partial charge is 0.488 e. The lowest BCUT2D eigenvalue weighted by Crippen LogP contribution is -2.01. The zero-order chi connectivity index (χ0) is 10.6. The number of rotatable bonds is 4. The first-order valence-electron chi connectivity index (χ1n) is 3.99. The molecule has 0 aliphatic heterocycles. The van der Waals surface area contributed by atoms with E-state index in [-0.39, 0.29) is 0 Å². The van der Waals surface area contributed by atoms with Gasteiger partial charge in [0.25, 0.3) is 0 Å². The lowest BCUT2D eigenvalue weighted by atomic mass is 10.3. The summed E-state index contributed by atoms with van der Waals surface area (Å²) in [7, 11) is 0. The first-order valence-corrected chi connectivity index (χ1v) is 6.20. The van der Waals surface area contributed by atoms with Crippen molar-refractivity contribution in [2.45, 2.75) is 0 Å². The van der Waals surface area contributed by atoms with Gasteiger partial charge in [-0.05, 0) is 39.7 Å². The molecule has 0 atom stereocenters. The van der Waals surface area contributed by atoms with E-state index < -0.39 is 0 Å². The molecule has 0 aliphatic carbocycles. The van der Waals surface area contributed by atoms with Gasteiger partial charge in [0.05, 0.1) is 4.47 Å². The van der Waals surface area contributed by atoms with Gasteiger partial charge >= 0.3 is 0 Å². The fourth-order valence-electron chi connectivity index (χ4n) is 0.818. The van der Waals surface area contributed by atoms with Crippen LogP contribution in [0.25, 0.3) is 0 Å². The number of halogens is 2. The van der Waals surface area contributed by atoms with Crippen LogP contribution in [-0.2, 0) is 0 Å². The van der Waals surface area contributed by atoms with Crippen LogP contribution in [0, 0.1) is 0 Å². The number of ether oxygens (including phenoxy) is 1. The summed E-state index contributed by atoms with van der Waals surface area (Å²) in [5.74, 6) is 1.46. The zero-order valence-electron chi connectivity index (χ0n) is 7.46. The molecule has 0 fully saturated rings. The summed E-state index contributed by atoms with van der Waals surface area (Å²) in [5, 5.41) is 0. The minimum atomic E-state index is 0.504. The van der Waals surface area contributed by atoms with Crippen molar-refractivity contribution in [1.82, 2.24) is 0 Å². The van der Waals surface area contributed by atoms with Crippen molar-refractivity contribution in [3.63, 3.8) is 0 Å². The van der Waals surface area contributed by atoms with Gasteiger partial charge in [0.1, 0.15) is 12.4 Å². The average molecular weight is 338 g/mol. The van der Waals surface area contributed by atoms with Crippen molar-refractivity contribution in [2.75, 3.05) is 12.4 Å². The Morgan fingerprint density at radius 3 is 2.71 bits per heavy atom. The van der Waals surface area contributed by atoms with E-state index in [4.69, 9.17) is 4.74 Å². The Bertz CT molecular complexity index is 339. The van der Waals surface area contributed by atoms with Crippen molar-refractivity contribution < 1.29 is 4.74 Å². The summed E-state index contributed by atoms with van der Waals surface area (Å²) in [6.45, 7) is 4.31. The van der Waals surface area contributed by atoms with E-state index in [0.717, 1.165) is 20.3 Å². The van der Waals surface area contributed by atoms with Gasteiger partial charge in [0, 0.05) is 10.2 Å². The van der Waals surface area contributed by atoms with E-state index in [1.54, 1.807) is 0 Å². The topological polar surface area (TPSA) is 9.23 Å². The molecule has 0 spiro atoms. The Morgan fingerprint density at radius 2 is 2.14 bits per heavy atom. The number of benzene rings is 1. The second-order valence-corrected chi connectivity index (χ2v) is 4.86. The van der Waals surface area contributed by atoms with Gasteiger partial charge in [-0.15, -0.1) is 0 Å². The van der Waals surface area contributed by atoms with Gasteiger partial charge in [0.15, 0.2) is 0 Å². The number of hydrogen-bond donors (Lipinski definition) is 1. The molecule has 0 aromatic heterocycles. The van der Waals surface area contributed by atoms with Gasteiger partial charge in [-0.2, -0.15) is 12.6 Å². The van der Waals surface area contributed by atoms with Crippen LogP contribution in [0.3, 0.4) is 0 Å². The average Bonchev–Trinajstić information content (AvgIpc) is 2.16. The molecule has 0 unspecified atom stereocenters. The first-order chi connectivity index (χ1) is 6.63. The van der Waals surface area contributed by atoms with Gasteiger partial charge in [0.2, 0.25) is 0 Å². The molecule has 0 amide bonds. The predicted octanol–water partition coefficient (Wildman–Crippen LogP) is 4.08. The zero-order valence-corrected chi connectivity index (χ0v) is 11.5. The van der Waals surface area contributed by atoms with Crippen LogP contribution < -0.4 is 4.74 Å². The van der Waals surface area contributed by atoms with Crippen molar-refractivity contribution in [1.29, 1.82) is 0 Å². The van der Waals surface area contributed by atoms with Gasteiger partial charge < -0.3 is 4.74 Å². The summed E-state index contributed by atoms with van der Waals surface area (Å²) >= 11 is 10.9. The molecule has 1 nitrogen and oxygen atoms in total. The second kappa shape index (κ2) is 5.83. The quantitative estimate of drug-likeness (QED) is 0.643. The van der Waals surface area contributed by atoms with Crippen LogP contribution in [0.15, 0.2) is 39.3 Å². The lowest BCUT2D eigenvalue weighted by Gasteiger charge is -2.08. The highest BCUT2D eigenvalue weighted by Crippen LogP contribution is 2.28. The molecule has 0 radical (unpaired) electrons. The normalized spacial score (nSPS) is 9.93. The minimum absolute atomic E-state index is 0.504. The first kappa shape index (κ1) is 12.1. The third kappa shape index (κ3) is 3.67. The molecule has 4 heteroatoms. The van der Waals surface area contributed by atoms with E-state index in [9.17, 15) is 0 Å². The highest BCUT2D eigenvalue weighted by atomic mass is 79.9. The van der Waals surface area contributed by atoms with E-state index in [2.05, 4.69) is 51.1 Å². The summed E-state index contributed by atoms with van der Waals surface area (Å²) < 4.78 is 7.48. The Morgan fingerprint density at radius 1 is 1.43 bits per heavy atom. The van der Waals surface area contributed by atoms with Crippen LogP contribution in [0.5, 0.6) is 5.75 Å². The maximum absolute atomic E-state index is 5.53. The van der Waals surface area contributed by atoms with Crippen LogP contribution in [0.1, 0.15) is 0 Å². The maximum Gasteiger partial charge on any atom is 0.134 e. The summed E-state index contributed by atoms with van der Waals surface area (Å²) in [6.07, 6.45) is 0. The Hall–Kier alpha value is 0.0700. The molecule has 1 rings (SSSR count).